The second-order valence-electron chi connectivity index (χ2n) is 4.95. The molecule has 1 rings (SSSR count). The van der Waals surface area contributed by atoms with E-state index in [4.69, 9.17) is 0 Å². The zero-order chi connectivity index (χ0) is 13.6. The van der Waals surface area contributed by atoms with Gasteiger partial charge in [-0.3, -0.25) is 4.79 Å². The first-order valence-corrected chi connectivity index (χ1v) is 6.47. The largest absolute Gasteiger partial charge is 0.356 e. The van der Waals surface area contributed by atoms with Gasteiger partial charge in [-0.25, -0.2) is 4.98 Å². The topological polar surface area (TPSA) is 59.0 Å². The van der Waals surface area contributed by atoms with E-state index in [9.17, 15) is 4.79 Å². The van der Waals surface area contributed by atoms with Crippen LogP contribution in [0.4, 0.5) is 0 Å². The van der Waals surface area contributed by atoms with Crippen LogP contribution in [0.5, 0.6) is 0 Å². The van der Waals surface area contributed by atoms with Crippen LogP contribution in [0.3, 0.4) is 0 Å². The number of hydrogen-bond acceptors (Lipinski definition) is 3. The van der Waals surface area contributed by atoms with Gasteiger partial charge in [0.25, 0.3) is 0 Å². The Morgan fingerprint density at radius 1 is 1.50 bits per heavy atom. The van der Waals surface area contributed by atoms with Gasteiger partial charge >= 0.3 is 0 Å². The summed E-state index contributed by atoms with van der Waals surface area (Å²) in [4.78, 5) is 15.7. The van der Waals surface area contributed by atoms with Crippen LogP contribution in [0.15, 0.2) is 12.5 Å². The highest BCUT2D eigenvalue weighted by atomic mass is 16.1. The Kier molecular flexibility index (Phi) is 5.34. The molecular weight excluding hydrogens is 228 g/mol. The number of carbonyl (C=O) groups excluding carboxylic acids is 1. The summed E-state index contributed by atoms with van der Waals surface area (Å²) in [6, 6.07) is 0. The van der Waals surface area contributed by atoms with E-state index in [0.717, 1.165) is 18.7 Å². The second-order valence-corrected chi connectivity index (χ2v) is 4.95. The highest BCUT2D eigenvalue weighted by Crippen LogP contribution is 2.18. The molecule has 0 atom stereocenters. The molecule has 0 radical (unpaired) electrons. The first kappa shape index (κ1) is 14.7. The molecule has 0 saturated heterocycles. The minimum Gasteiger partial charge on any atom is -0.356 e. The molecule has 102 valence electrons. The molecule has 0 saturated carbocycles. The maximum absolute atomic E-state index is 11.6. The lowest BCUT2D eigenvalue weighted by Gasteiger charge is -2.25. The standard InChI is InChI=1S/C13H24N4O/c1-5-7-16-12(18)6-8-17-10-15-9-11(17)13(2,3)14-4/h9-10,14H,5-8H2,1-4H3,(H,16,18). The van der Waals surface area contributed by atoms with Crippen molar-refractivity contribution in [3.8, 4) is 0 Å². The lowest BCUT2D eigenvalue weighted by molar-refractivity contribution is -0.121. The van der Waals surface area contributed by atoms with Crippen molar-refractivity contribution in [2.45, 2.75) is 45.7 Å². The minimum absolute atomic E-state index is 0.0961. The normalized spacial score (nSPS) is 11.6. The molecule has 2 N–H and O–H groups in total. The highest BCUT2D eigenvalue weighted by molar-refractivity contribution is 5.75. The molecule has 5 nitrogen and oxygen atoms in total. The van der Waals surface area contributed by atoms with Crippen LogP contribution in [0.2, 0.25) is 0 Å². The molecule has 1 aromatic rings. The Balaban J connectivity index is 2.58. The van der Waals surface area contributed by atoms with Gasteiger partial charge in [0, 0.05) is 25.7 Å². The van der Waals surface area contributed by atoms with Gasteiger partial charge in [-0.15, -0.1) is 0 Å². The summed E-state index contributed by atoms with van der Waals surface area (Å²) in [5.41, 5.74) is 0.949. The number of aryl methyl sites for hydroxylation is 1. The van der Waals surface area contributed by atoms with Gasteiger partial charge in [-0.05, 0) is 27.3 Å². The van der Waals surface area contributed by atoms with Gasteiger partial charge in [0.05, 0.1) is 17.6 Å². The zero-order valence-corrected chi connectivity index (χ0v) is 11.8. The Hall–Kier alpha value is -1.36. The van der Waals surface area contributed by atoms with Gasteiger partial charge in [-0.2, -0.15) is 0 Å². The summed E-state index contributed by atoms with van der Waals surface area (Å²) < 4.78 is 2.03. The monoisotopic (exact) mass is 252 g/mol. The van der Waals surface area contributed by atoms with Crippen molar-refractivity contribution in [2.75, 3.05) is 13.6 Å². The smallest absolute Gasteiger partial charge is 0.221 e. The van der Waals surface area contributed by atoms with Gasteiger partial charge in [0.1, 0.15) is 0 Å². The number of amides is 1. The quantitative estimate of drug-likeness (QED) is 0.768. The van der Waals surface area contributed by atoms with E-state index < -0.39 is 0 Å². The Morgan fingerprint density at radius 3 is 2.83 bits per heavy atom. The third kappa shape index (κ3) is 3.84. The van der Waals surface area contributed by atoms with E-state index in [1.54, 1.807) is 6.33 Å². The van der Waals surface area contributed by atoms with E-state index in [1.165, 1.54) is 0 Å². The predicted octanol–water partition coefficient (Wildman–Crippen LogP) is 1.25. The zero-order valence-electron chi connectivity index (χ0n) is 11.8. The average molecular weight is 252 g/mol. The summed E-state index contributed by atoms with van der Waals surface area (Å²) in [6.07, 6.45) is 5.08. The van der Waals surface area contributed by atoms with Crippen LogP contribution in [0, 0.1) is 0 Å². The van der Waals surface area contributed by atoms with Crippen LogP contribution in [0.25, 0.3) is 0 Å². The van der Waals surface area contributed by atoms with Crippen LogP contribution in [-0.4, -0.2) is 29.1 Å². The number of rotatable bonds is 7. The molecule has 1 amide bonds. The molecule has 0 aliphatic rings. The molecule has 1 aromatic heterocycles. The third-order valence-corrected chi connectivity index (χ3v) is 3.13. The molecule has 0 spiro atoms. The highest BCUT2D eigenvalue weighted by Gasteiger charge is 2.22. The van der Waals surface area contributed by atoms with Crippen molar-refractivity contribution in [1.29, 1.82) is 0 Å². The number of imidazole rings is 1. The molecule has 1 heterocycles. The van der Waals surface area contributed by atoms with Gasteiger partial charge < -0.3 is 15.2 Å². The van der Waals surface area contributed by atoms with Crippen LogP contribution in [0.1, 0.15) is 39.3 Å². The molecule has 0 fully saturated rings. The Morgan fingerprint density at radius 2 is 2.22 bits per heavy atom. The lowest BCUT2D eigenvalue weighted by Crippen LogP contribution is -2.35. The Labute approximate surface area is 109 Å². The lowest BCUT2D eigenvalue weighted by atomic mass is 10.0. The summed E-state index contributed by atoms with van der Waals surface area (Å²) in [6.45, 7) is 7.65. The molecule has 18 heavy (non-hydrogen) atoms. The molecular formula is C13H24N4O. The van der Waals surface area contributed by atoms with Crippen LogP contribution in [-0.2, 0) is 16.9 Å². The molecule has 0 aliphatic heterocycles. The maximum Gasteiger partial charge on any atom is 0.221 e. The van der Waals surface area contributed by atoms with Gasteiger partial charge in [-0.1, -0.05) is 6.92 Å². The fraction of sp³-hybridized carbons (Fsp3) is 0.692. The number of nitrogens with one attached hydrogen (secondary N) is 2. The fourth-order valence-corrected chi connectivity index (χ4v) is 1.72. The van der Waals surface area contributed by atoms with Gasteiger partial charge in [0.2, 0.25) is 5.91 Å². The molecule has 0 aliphatic carbocycles. The second kappa shape index (κ2) is 6.54. The summed E-state index contributed by atoms with van der Waals surface area (Å²) in [5.74, 6) is 0.0961. The van der Waals surface area contributed by atoms with E-state index >= 15 is 0 Å². The summed E-state index contributed by atoms with van der Waals surface area (Å²) in [7, 11) is 1.92. The number of hydrogen-bond donors (Lipinski definition) is 2. The molecule has 0 unspecified atom stereocenters. The van der Waals surface area contributed by atoms with E-state index in [0.29, 0.717) is 13.0 Å². The van der Waals surface area contributed by atoms with Crippen molar-refractivity contribution >= 4 is 5.91 Å². The molecule has 5 heteroatoms. The van der Waals surface area contributed by atoms with Crippen molar-refractivity contribution in [3.05, 3.63) is 18.2 Å². The van der Waals surface area contributed by atoms with Crippen molar-refractivity contribution in [3.63, 3.8) is 0 Å². The summed E-state index contributed by atoms with van der Waals surface area (Å²) >= 11 is 0. The average Bonchev–Trinajstić information content (AvgIpc) is 2.82. The third-order valence-electron chi connectivity index (χ3n) is 3.13. The minimum atomic E-state index is -0.142. The first-order valence-electron chi connectivity index (χ1n) is 6.47. The number of nitrogens with zero attached hydrogens (tertiary/aromatic N) is 2. The SMILES string of the molecule is CCCNC(=O)CCn1cncc1C(C)(C)NC. The van der Waals surface area contributed by atoms with E-state index in [-0.39, 0.29) is 11.4 Å². The van der Waals surface area contributed by atoms with Crippen molar-refractivity contribution in [2.24, 2.45) is 0 Å². The first-order chi connectivity index (χ1) is 8.51. The fourth-order valence-electron chi connectivity index (χ4n) is 1.72. The van der Waals surface area contributed by atoms with Gasteiger partial charge in [0.15, 0.2) is 0 Å². The maximum atomic E-state index is 11.6. The number of aromatic nitrogens is 2. The van der Waals surface area contributed by atoms with Crippen molar-refractivity contribution < 1.29 is 4.79 Å². The molecule has 0 aromatic carbocycles. The predicted molar refractivity (Wildman–Crippen MR) is 72.2 cm³/mol. The Bertz CT molecular complexity index is 384. The summed E-state index contributed by atoms with van der Waals surface area (Å²) in [5, 5.41) is 6.12. The molecule has 0 bridgehead atoms. The number of carbonyl (C=O) groups is 1. The van der Waals surface area contributed by atoms with E-state index in [2.05, 4.69) is 29.5 Å². The van der Waals surface area contributed by atoms with Crippen LogP contribution < -0.4 is 10.6 Å². The van der Waals surface area contributed by atoms with E-state index in [1.807, 2.05) is 24.7 Å². The van der Waals surface area contributed by atoms with Crippen molar-refractivity contribution in [1.82, 2.24) is 20.2 Å². The van der Waals surface area contributed by atoms with Crippen LogP contribution >= 0.6 is 0 Å².